The first-order valence-corrected chi connectivity index (χ1v) is 6.17. The zero-order valence-corrected chi connectivity index (χ0v) is 10.8. The molecule has 20 heavy (non-hydrogen) atoms. The molecular formula is C15H13F3O2. The van der Waals surface area contributed by atoms with E-state index in [2.05, 4.69) is 4.74 Å². The van der Waals surface area contributed by atoms with Gasteiger partial charge < -0.3 is 4.74 Å². The molecule has 0 aromatic rings. The summed E-state index contributed by atoms with van der Waals surface area (Å²) in [5.41, 5.74) is 1.07. The molecule has 0 bridgehead atoms. The maximum Gasteiger partial charge on any atom is 0.429 e. The Balaban J connectivity index is 2.46. The molecule has 0 saturated heterocycles. The molecule has 0 N–H and O–H groups in total. The van der Waals surface area contributed by atoms with E-state index in [0.717, 1.165) is 0 Å². The third-order valence-corrected chi connectivity index (χ3v) is 2.94. The van der Waals surface area contributed by atoms with E-state index in [0.29, 0.717) is 11.1 Å². The largest absolute Gasteiger partial charge is 0.448 e. The van der Waals surface area contributed by atoms with E-state index in [1.807, 2.05) is 0 Å². The molecule has 0 fully saturated rings. The summed E-state index contributed by atoms with van der Waals surface area (Å²) in [6.45, 7) is 1.46. The molecule has 0 aromatic carbocycles. The topological polar surface area (TPSA) is 26.3 Å². The van der Waals surface area contributed by atoms with Crippen molar-refractivity contribution in [2.75, 3.05) is 0 Å². The smallest absolute Gasteiger partial charge is 0.429 e. The molecule has 2 rings (SSSR count). The van der Waals surface area contributed by atoms with Crippen LogP contribution in [0.25, 0.3) is 11.1 Å². The van der Waals surface area contributed by atoms with Crippen molar-refractivity contribution in [1.29, 1.82) is 0 Å². The van der Waals surface area contributed by atoms with Crippen molar-refractivity contribution < 1.29 is 22.7 Å². The Hall–Kier alpha value is -2.04. The summed E-state index contributed by atoms with van der Waals surface area (Å²) >= 11 is 0. The van der Waals surface area contributed by atoms with Gasteiger partial charge in [-0.2, -0.15) is 13.2 Å². The second-order valence-corrected chi connectivity index (χ2v) is 4.33. The molecule has 2 aliphatic rings. The molecule has 0 saturated carbocycles. The van der Waals surface area contributed by atoms with Crippen molar-refractivity contribution in [3.63, 3.8) is 0 Å². The van der Waals surface area contributed by atoms with Crippen LogP contribution in [0.3, 0.4) is 0 Å². The van der Waals surface area contributed by atoms with Crippen molar-refractivity contribution in [3.05, 3.63) is 48.0 Å². The monoisotopic (exact) mass is 282 g/mol. The number of alkyl halides is 3. The second kappa shape index (κ2) is 5.53. The number of fused-ring (bicyclic) bond motifs is 1. The van der Waals surface area contributed by atoms with Gasteiger partial charge in [-0.25, -0.2) is 0 Å². The lowest BCUT2D eigenvalue weighted by Crippen LogP contribution is -2.26. The SMILES string of the molecule is CCC(=O)O[C@@H](c1ccc2cccccc1-2)C(F)(F)F. The van der Waals surface area contributed by atoms with Crippen LogP contribution in [0.15, 0.2) is 42.5 Å². The number of halogens is 3. The minimum atomic E-state index is -4.64. The predicted octanol–water partition coefficient (Wildman–Crippen LogP) is 4.35. The van der Waals surface area contributed by atoms with Gasteiger partial charge in [0.1, 0.15) is 0 Å². The highest BCUT2D eigenvalue weighted by atomic mass is 19.4. The van der Waals surface area contributed by atoms with Gasteiger partial charge in [-0.05, 0) is 11.1 Å². The molecule has 106 valence electrons. The van der Waals surface area contributed by atoms with Crippen LogP contribution < -0.4 is 0 Å². The van der Waals surface area contributed by atoms with E-state index in [1.165, 1.54) is 13.0 Å². The van der Waals surface area contributed by atoms with E-state index in [4.69, 9.17) is 0 Å². The molecule has 0 unspecified atom stereocenters. The molecule has 1 atom stereocenters. The van der Waals surface area contributed by atoms with Gasteiger partial charge >= 0.3 is 12.1 Å². The summed E-state index contributed by atoms with van der Waals surface area (Å²) in [5, 5.41) is 0. The van der Waals surface area contributed by atoms with Gasteiger partial charge in [0, 0.05) is 12.0 Å². The van der Waals surface area contributed by atoms with E-state index in [-0.39, 0.29) is 12.0 Å². The third kappa shape index (κ3) is 2.92. The van der Waals surface area contributed by atoms with E-state index < -0.39 is 18.2 Å². The van der Waals surface area contributed by atoms with Crippen LogP contribution in [0.1, 0.15) is 25.0 Å². The number of ether oxygens (including phenoxy) is 1. The number of hydrogen-bond donors (Lipinski definition) is 0. The number of rotatable bonds is 3. The van der Waals surface area contributed by atoms with Gasteiger partial charge in [-0.1, -0.05) is 49.4 Å². The number of carbonyl (C=O) groups is 1. The van der Waals surface area contributed by atoms with Crippen molar-refractivity contribution in [3.8, 4) is 11.1 Å². The molecule has 0 aliphatic heterocycles. The van der Waals surface area contributed by atoms with Crippen molar-refractivity contribution in [1.82, 2.24) is 0 Å². The van der Waals surface area contributed by atoms with Gasteiger partial charge in [0.05, 0.1) is 0 Å². The maximum absolute atomic E-state index is 13.1. The van der Waals surface area contributed by atoms with Gasteiger partial charge in [0.25, 0.3) is 0 Å². The fourth-order valence-corrected chi connectivity index (χ4v) is 1.99. The lowest BCUT2D eigenvalue weighted by atomic mass is 10.0. The molecule has 2 aliphatic carbocycles. The molecule has 0 amide bonds. The summed E-state index contributed by atoms with van der Waals surface area (Å²) in [4.78, 5) is 11.2. The summed E-state index contributed by atoms with van der Waals surface area (Å²) in [6.07, 6.45) is -6.96. The van der Waals surface area contributed by atoms with Gasteiger partial charge in [-0.3, -0.25) is 4.79 Å². The lowest BCUT2D eigenvalue weighted by Gasteiger charge is -2.21. The van der Waals surface area contributed by atoms with Crippen molar-refractivity contribution in [2.24, 2.45) is 0 Å². The molecule has 0 spiro atoms. The van der Waals surface area contributed by atoms with E-state index >= 15 is 0 Å². The molecule has 0 radical (unpaired) electrons. The summed E-state index contributed by atoms with van der Waals surface area (Å²) in [6, 6.07) is 11.4. The average molecular weight is 282 g/mol. The third-order valence-electron chi connectivity index (χ3n) is 2.94. The second-order valence-electron chi connectivity index (χ2n) is 4.33. The fraction of sp³-hybridized carbons (Fsp3) is 0.267. The van der Waals surface area contributed by atoms with Crippen LogP contribution in [0.2, 0.25) is 0 Å². The first-order chi connectivity index (χ1) is 9.43. The summed E-state index contributed by atoms with van der Waals surface area (Å²) < 4.78 is 44.0. The van der Waals surface area contributed by atoms with Crippen LogP contribution >= 0.6 is 0 Å². The fourth-order valence-electron chi connectivity index (χ4n) is 1.99. The van der Waals surface area contributed by atoms with Gasteiger partial charge in [0.2, 0.25) is 6.10 Å². The van der Waals surface area contributed by atoms with Crippen LogP contribution in [0.5, 0.6) is 0 Å². The number of esters is 1. The first kappa shape index (κ1) is 14.4. The molecule has 5 heteroatoms. The van der Waals surface area contributed by atoms with Crippen molar-refractivity contribution >= 4 is 5.97 Å². The Morgan fingerprint density at radius 1 is 1.15 bits per heavy atom. The molecular weight excluding hydrogens is 269 g/mol. The van der Waals surface area contributed by atoms with Crippen LogP contribution in [-0.2, 0) is 9.53 Å². The predicted molar refractivity (Wildman–Crippen MR) is 68.2 cm³/mol. The Bertz CT molecular complexity index is 578. The number of carbonyl (C=O) groups excluding carboxylic acids is 1. The Morgan fingerprint density at radius 3 is 2.50 bits per heavy atom. The minimum Gasteiger partial charge on any atom is -0.448 e. The van der Waals surface area contributed by atoms with Crippen LogP contribution in [0.4, 0.5) is 13.2 Å². The molecule has 0 heterocycles. The number of hydrogen-bond acceptors (Lipinski definition) is 2. The van der Waals surface area contributed by atoms with E-state index in [1.54, 1.807) is 36.4 Å². The molecule has 2 nitrogen and oxygen atoms in total. The standard InChI is InChI=1S/C15H13F3O2/c1-2-13(19)20-14(15(16,17)18)12-9-8-10-6-4-3-5-7-11(10)12/h3-9,14H,2H2,1H3/t14-/m0/s1. The maximum atomic E-state index is 13.1. The highest BCUT2D eigenvalue weighted by Crippen LogP contribution is 2.42. The molecule has 0 aromatic heterocycles. The highest BCUT2D eigenvalue weighted by molar-refractivity contribution is 5.73. The Labute approximate surface area is 114 Å². The van der Waals surface area contributed by atoms with Crippen LogP contribution in [-0.4, -0.2) is 12.1 Å². The normalized spacial score (nSPS) is 13.2. The zero-order chi connectivity index (χ0) is 14.8. The van der Waals surface area contributed by atoms with E-state index in [9.17, 15) is 18.0 Å². The van der Waals surface area contributed by atoms with Gasteiger partial charge in [-0.15, -0.1) is 0 Å². The lowest BCUT2D eigenvalue weighted by molar-refractivity contribution is -0.223. The highest BCUT2D eigenvalue weighted by Gasteiger charge is 2.45. The minimum absolute atomic E-state index is 0.0366. The average Bonchev–Trinajstić information content (AvgIpc) is 2.62. The van der Waals surface area contributed by atoms with Crippen molar-refractivity contribution in [2.45, 2.75) is 25.6 Å². The first-order valence-electron chi connectivity index (χ1n) is 6.17. The Morgan fingerprint density at radius 2 is 1.85 bits per heavy atom. The zero-order valence-electron chi connectivity index (χ0n) is 10.8. The Kier molecular flexibility index (Phi) is 3.97. The van der Waals surface area contributed by atoms with Gasteiger partial charge in [0.15, 0.2) is 0 Å². The quantitative estimate of drug-likeness (QED) is 0.782. The van der Waals surface area contributed by atoms with Crippen LogP contribution in [0, 0.1) is 0 Å². The summed E-state index contributed by atoms with van der Waals surface area (Å²) in [5.74, 6) is -0.873. The summed E-state index contributed by atoms with van der Waals surface area (Å²) in [7, 11) is 0.